The van der Waals surface area contributed by atoms with E-state index in [9.17, 15) is 0 Å². The molecule has 1 aromatic carbocycles. The van der Waals surface area contributed by atoms with E-state index in [-0.39, 0.29) is 6.79 Å². The summed E-state index contributed by atoms with van der Waals surface area (Å²) in [5.41, 5.74) is 8.81. The Hall–Kier alpha value is -2.23. The second-order valence-corrected chi connectivity index (χ2v) is 3.99. The van der Waals surface area contributed by atoms with Gasteiger partial charge in [0, 0.05) is 11.8 Å². The molecule has 0 spiro atoms. The summed E-state index contributed by atoms with van der Waals surface area (Å²) in [6, 6.07) is 7.70. The Morgan fingerprint density at radius 1 is 1.18 bits per heavy atom. The predicted molar refractivity (Wildman–Crippen MR) is 64.9 cm³/mol. The second kappa shape index (κ2) is 3.66. The van der Waals surface area contributed by atoms with Crippen molar-refractivity contribution in [3.05, 3.63) is 36.0 Å². The van der Waals surface area contributed by atoms with E-state index in [1.54, 1.807) is 12.3 Å². The van der Waals surface area contributed by atoms with Crippen molar-refractivity contribution in [3.8, 4) is 22.6 Å². The maximum absolute atomic E-state index is 5.58. The zero-order valence-electron chi connectivity index (χ0n) is 9.43. The van der Waals surface area contributed by atoms with Crippen molar-refractivity contribution in [2.24, 2.45) is 0 Å². The Bertz CT molecular complexity index is 564. The van der Waals surface area contributed by atoms with Crippen LogP contribution in [0.1, 0.15) is 5.56 Å². The molecular formula is C13H12N2O2. The molecule has 86 valence electrons. The first-order chi connectivity index (χ1) is 8.24. The number of anilines is 1. The Morgan fingerprint density at radius 2 is 1.94 bits per heavy atom. The van der Waals surface area contributed by atoms with Crippen LogP contribution in [0.15, 0.2) is 30.5 Å². The van der Waals surface area contributed by atoms with E-state index in [1.165, 1.54) is 0 Å². The summed E-state index contributed by atoms with van der Waals surface area (Å²) in [5, 5.41) is 0. The van der Waals surface area contributed by atoms with Gasteiger partial charge in [-0.3, -0.25) is 0 Å². The van der Waals surface area contributed by atoms with Crippen LogP contribution in [-0.4, -0.2) is 11.8 Å². The fourth-order valence-corrected chi connectivity index (χ4v) is 1.92. The number of hydrogen-bond acceptors (Lipinski definition) is 4. The third-order valence-electron chi connectivity index (χ3n) is 2.82. The number of rotatable bonds is 1. The summed E-state index contributed by atoms with van der Waals surface area (Å²) in [5.74, 6) is 2.10. The van der Waals surface area contributed by atoms with Gasteiger partial charge in [0.25, 0.3) is 0 Å². The molecule has 0 saturated carbocycles. The molecule has 0 amide bonds. The first-order valence-electron chi connectivity index (χ1n) is 5.36. The minimum absolute atomic E-state index is 0.290. The number of nitrogens with two attached hydrogens (primary N) is 1. The number of ether oxygens (including phenoxy) is 2. The van der Waals surface area contributed by atoms with Crippen LogP contribution >= 0.6 is 0 Å². The first-order valence-corrected chi connectivity index (χ1v) is 5.36. The molecular weight excluding hydrogens is 216 g/mol. The van der Waals surface area contributed by atoms with Crippen LogP contribution < -0.4 is 15.2 Å². The van der Waals surface area contributed by atoms with Crippen molar-refractivity contribution in [1.82, 2.24) is 4.98 Å². The molecule has 2 N–H and O–H groups in total. The van der Waals surface area contributed by atoms with Gasteiger partial charge in [-0.1, -0.05) is 0 Å². The van der Waals surface area contributed by atoms with E-state index in [1.807, 2.05) is 25.1 Å². The van der Waals surface area contributed by atoms with Crippen molar-refractivity contribution < 1.29 is 9.47 Å². The van der Waals surface area contributed by atoms with Crippen LogP contribution in [0.2, 0.25) is 0 Å². The summed E-state index contributed by atoms with van der Waals surface area (Å²) in [7, 11) is 0. The highest BCUT2D eigenvalue weighted by Gasteiger charge is 2.16. The highest BCUT2D eigenvalue weighted by Crippen LogP contribution is 2.38. The van der Waals surface area contributed by atoms with Crippen LogP contribution in [-0.2, 0) is 0 Å². The Morgan fingerprint density at radius 3 is 2.65 bits per heavy atom. The third-order valence-corrected chi connectivity index (χ3v) is 2.82. The lowest BCUT2D eigenvalue weighted by Gasteiger charge is -2.07. The number of aromatic nitrogens is 1. The van der Waals surface area contributed by atoms with Crippen molar-refractivity contribution in [3.63, 3.8) is 0 Å². The lowest BCUT2D eigenvalue weighted by Crippen LogP contribution is -1.92. The molecule has 0 atom stereocenters. The fraction of sp³-hybridized carbons (Fsp3) is 0.154. The van der Waals surface area contributed by atoms with Gasteiger partial charge < -0.3 is 15.2 Å². The molecule has 3 rings (SSSR count). The summed E-state index contributed by atoms with van der Waals surface area (Å²) in [6.45, 7) is 2.33. The van der Waals surface area contributed by atoms with Gasteiger partial charge in [0.1, 0.15) is 5.82 Å². The second-order valence-electron chi connectivity index (χ2n) is 3.99. The van der Waals surface area contributed by atoms with E-state index < -0.39 is 0 Å². The zero-order chi connectivity index (χ0) is 11.8. The molecule has 0 bridgehead atoms. The normalized spacial score (nSPS) is 12.8. The number of nitrogens with zero attached hydrogens (tertiary/aromatic N) is 1. The molecule has 0 fully saturated rings. The minimum Gasteiger partial charge on any atom is -0.454 e. The average molecular weight is 228 g/mol. The number of fused-ring (bicyclic) bond motifs is 1. The molecule has 0 unspecified atom stereocenters. The topological polar surface area (TPSA) is 57.4 Å². The molecule has 1 aliphatic heterocycles. The van der Waals surface area contributed by atoms with E-state index in [0.29, 0.717) is 5.82 Å². The largest absolute Gasteiger partial charge is 0.454 e. The van der Waals surface area contributed by atoms with Gasteiger partial charge in [-0.05, 0) is 42.3 Å². The van der Waals surface area contributed by atoms with Gasteiger partial charge in [-0.25, -0.2) is 4.98 Å². The smallest absolute Gasteiger partial charge is 0.231 e. The van der Waals surface area contributed by atoms with Gasteiger partial charge in [0.15, 0.2) is 11.5 Å². The minimum atomic E-state index is 0.290. The molecule has 4 heteroatoms. The number of nitrogen functional groups attached to an aromatic ring is 1. The Labute approximate surface area is 99.0 Å². The van der Waals surface area contributed by atoms with Gasteiger partial charge >= 0.3 is 0 Å². The van der Waals surface area contributed by atoms with Gasteiger partial charge in [-0.15, -0.1) is 0 Å². The molecule has 17 heavy (non-hydrogen) atoms. The maximum atomic E-state index is 5.58. The molecule has 1 aromatic heterocycles. The van der Waals surface area contributed by atoms with Crippen molar-refractivity contribution in [1.29, 1.82) is 0 Å². The highest BCUT2D eigenvalue weighted by atomic mass is 16.7. The van der Waals surface area contributed by atoms with E-state index in [0.717, 1.165) is 28.2 Å². The van der Waals surface area contributed by atoms with E-state index in [4.69, 9.17) is 15.2 Å². The standard InChI is InChI=1S/C13H12N2O2/c1-8-4-11-12(17-7-16-11)5-10(8)9-2-3-13(14)15-6-9/h2-6H,7H2,1H3,(H2,14,15). The van der Waals surface area contributed by atoms with Crippen molar-refractivity contribution in [2.75, 3.05) is 12.5 Å². The number of hydrogen-bond donors (Lipinski definition) is 1. The van der Waals surface area contributed by atoms with Crippen LogP contribution in [0, 0.1) is 6.92 Å². The molecule has 2 aromatic rings. The maximum Gasteiger partial charge on any atom is 0.231 e. The van der Waals surface area contributed by atoms with Gasteiger partial charge in [0.2, 0.25) is 6.79 Å². The van der Waals surface area contributed by atoms with Crippen LogP contribution in [0.25, 0.3) is 11.1 Å². The Kier molecular flexibility index (Phi) is 2.14. The molecule has 1 aliphatic rings. The van der Waals surface area contributed by atoms with Gasteiger partial charge in [0.05, 0.1) is 0 Å². The highest BCUT2D eigenvalue weighted by molar-refractivity contribution is 5.71. The van der Waals surface area contributed by atoms with Crippen LogP contribution in [0.4, 0.5) is 5.82 Å². The van der Waals surface area contributed by atoms with E-state index >= 15 is 0 Å². The zero-order valence-corrected chi connectivity index (χ0v) is 9.43. The van der Waals surface area contributed by atoms with Crippen molar-refractivity contribution in [2.45, 2.75) is 6.92 Å². The molecule has 0 saturated heterocycles. The van der Waals surface area contributed by atoms with Crippen LogP contribution in [0.3, 0.4) is 0 Å². The summed E-state index contributed by atoms with van der Waals surface area (Å²) in [4.78, 5) is 4.10. The lowest BCUT2D eigenvalue weighted by molar-refractivity contribution is 0.174. The summed E-state index contributed by atoms with van der Waals surface area (Å²) in [6.07, 6.45) is 1.76. The lowest BCUT2D eigenvalue weighted by atomic mass is 10.0. The summed E-state index contributed by atoms with van der Waals surface area (Å²) >= 11 is 0. The number of benzene rings is 1. The molecule has 4 nitrogen and oxygen atoms in total. The monoisotopic (exact) mass is 228 g/mol. The van der Waals surface area contributed by atoms with Gasteiger partial charge in [-0.2, -0.15) is 0 Å². The first kappa shape index (κ1) is 9.96. The number of pyridine rings is 1. The molecule has 2 heterocycles. The average Bonchev–Trinajstić information content (AvgIpc) is 2.76. The SMILES string of the molecule is Cc1cc2c(cc1-c1ccc(N)nc1)OCO2. The quantitative estimate of drug-likeness (QED) is 0.814. The third kappa shape index (κ3) is 1.67. The van der Waals surface area contributed by atoms with Crippen LogP contribution in [0.5, 0.6) is 11.5 Å². The number of aryl methyl sites for hydroxylation is 1. The predicted octanol–water partition coefficient (Wildman–Crippen LogP) is 2.37. The summed E-state index contributed by atoms with van der Waals surface area (Å²) < 4.78 is 10.7. The fourth-order valence-electron chi connectivity index (χ4n) is 1.92. The van der Waals surface area contributed by atoms with E-state index in [2.05, 4.69) is 4.98 Å². The molecule has 0 radical (unpaired) electrons. The Balaban J connectivity index is 2.11. The molecule has 0 aliphatic carbocycles. The van der Waals surface area contributed by atoms with Crippen molar-refractivity contribution >= 4 is 5.82 Å².